The highest BCUT2D eigenvalue weighted by Gasteiger charge is 2.17. The van der Waals surface area contributed by atoms with Crippen molar-refractivity contribution in [3.05, 3.63) is 34.9 Å². The lowest BCUT2D eigenvalue weighted by molar-refractivity contribution is -0.115. The number of hydrogen-bond donors (Lipinski definition) is 0. The molecule has 18 heavy (non-hydrogen) atoms. The Balaban J connectivity index is 3.19. The number of carbonyl (C=O) groups is 3. The molecule has 0 fully saturated rings. The second-order valence-electron chi connectivity index (χ2n) is 3.56. The summed E-state index contributed by atoms with van der Waals surface area (Å²) in [5.41, 5.74) is 1.04. The second kappa shape index (κ2) is 7.06. The summed E-state index contributed by atoms with van der Waals surface area (Å²) in [5.74, 6) is -0.617. The molecule has 0 amide bonds. The molecule has 1 aromatic rings. The first kappa shape index (κ1) is 14.6. The summed E-state index contributed by atoms with van der Waals surface area (Å²) in [7, 11) is 0. The molecule has 0 saturated carbocycles. The zero-order chi connectivity index (χ0) is 13.5. The molecule has 0 saturated heterocycles. The fraction of sp³-hybridized carbons (Fsp3) is 0.308. The zero-order valence-corrected chi connectivity index (χ0v) is 11.5. The molecule has 0 spiro atoms. The Labute approximate surface area is 113 Å². The Morgan fingerprint density at radius 3 is 2.67 bits per heavy atom. The number of aldehydes is 1. The Bertz CT molecular complexity index is 468. The maximum absolute atomic E-state index is 11.7. The van der Waals surface area contributed by atoms with Gasteiger partial charge in [-0.3, -0.25) is 9.59 Å². The van der Waals surface area contributed by atoms with Gasteiger partial charge < -0.3 is 4.74 Å². The van der Waals surface area contributed by atoms with Gasteiger partial charge in [0.15, 0.2) is 0 Å². The van der Waals surface area contributed by atoms with Gasteiger partial charge in [-0.1, -0.05) is 28.1 Å². The van der Waals surface area contributed by atoms with E-state index < -0.39 is 5.97 Å². The summed E-state index contributed by atoms with van der Waals surface area (Å²) in [5, 5.41) is 0.183. The van der Waals surface area contributed by atoms with Crippen LogP contribution in [0.3, 0.4) is 0 Å². The summed E-state index contributed by atoms with van der Waals surface area (Å²) >= 11 is 3.06. The fourth-order valence-electron chi connectivity index (χ4n) is 1.56. The van der Waals surface area contributed by atoms with E-state index in [2.05, 4.69) is 15.9 Å². The van der Waals surface area contributed by atoms with Gasteiger partial charge in [-0.2, -0.15) is 0 Å². The third-order valence-electron chi connectivity index (χ3n) is 2.36. The zero-order valence-electron chi connectivity index (χ0n) is 9.94. The van der Waals surface area contributed by atoms with Crippen LogP contribution in [0.15, 0.2) is 18.2 Å². The Kier molecular flexibility index (Phi) is 5.71. The topological polar surface area (TPSA) is 60.4 Å². The molecule has 0 atom stereocenters. The molecule has 0 aromatic heterocycles. The van der Waals surface area contributed by atoms with Gasteiger partial charge in [0.1, 0.15) is 12.1 Å². The summed E-state index contributed by atoms with van der Waals surface area (Å²) < 4.78 is 4.91. The van der Waals surface area contributed by atoms with E-state index in [1.807, 2.05) is 0 Å². The highest BCUT2D eigenvalue weighted by molar-refractivity contribution is 9.09. The molecule has 5 heteroatoms. The van der Waals surface area contributed by atoms with Crippen molar-refractivity contribution in [1.82, 2.24) is 0 Å². The highest BCUT2D eigenvalue weighted by Crippen LogP contribution is 2.16. The lowest BCUT2D eigenvalue weighted by Crippen LogP contribution is -2.14. The van der Waals surface area contributed by atoms with Gasteiger partial charge in [0, 0.05) is 12.0 Å². The van der Waals surface area contributed by atoms with Crippen molar-refractivity contribution < 1.29 is 19.1 Å². The average molecular weight is 313 g/mol. The van der Waals surface area contributed by atoms with Gasteiger partial charge >= 0.3 is 5.97 Å². The maximum Gasteiger partial charge on any atom is 0.338 e. The van der Waals surface area contributed by atoms with Gasteiger partial charge in [-0.15, -0.1) is 0 Å². The average Bonchev–Trinajstić information content (AvgIpc) is 2.38. The molecule has 1 rings (SSSR count). The predicted octanol–water partition coefficient (Wildman–Crippen LogP) is 2.18. The van der Waals surface area contributed by atoms with E-state index in [1.165, 1.54) is 0 Å². The van der Waals surface area contributed by atoms with E-state index in [1.54, 1.807) is 25.1 Å². The molecule has 0 aliphatic rings. The number of hydrogen-bond acceptors (Lipinski definition) is 4. The van der Waals surface area contributed by atoms with E-state index >= 15 is 0 Å². The molecule has 0 aliphatic carbocycles. The van der Waals surface area contributed by atoms with Crippen LogP contribution in [0.5, 0.6) is 0 Å². The molecule has 1 aromatic carbocycles. The van der Waals surface area contributed by atoms with Gasteiger partial charge in [-0.05, 0) is 18.6 Å². The third-order valence-corrected chi connectivity index (χ3v) is 2.98. The van der Waals surface area contributed by atoms with E-state index in [-0.39, 0.29) is 29.7 Å². The Morgan fingerprint density at radius 1 is 1.39 bits per heavy atom. The van der Waals surface area contributed by atoms with Crippen LogP contribution in [0.4, 0.5) is 0 Å². The van der Waals surface area contributed by atoms with E-state index in [0.29, 0.717) is 17.4 Å². The molecular formula is C13H13BrO4. The van der Waals surface area contributed by atoms with Gasteiger partial charge in [0.25, 0.3) is 0 Å². The number of ether oxygens (including phenoxy) is 1. The Morgan fingerprint density at radius 2 is 2.11 bits per heavy atom. The van der Waals surface area contributed by atoms with Crippen LogP contribution in [0, 0.1) is 0 Å². The standard InChI is InChI=1S/C13H13BrO4/c1-2-18-13(17)11-5-3-4-9(8-15)12(11)6-10(16)7-14/h3-5,8H,2,6-7H2,1H3. The van der Waals surface area contributed by atoms with E-state index in [4.69, 9.17) is 4.74 Å². The molecule has 96 valence electrons. The van der Waals surface area contributed by atoms with Gasteiger partial charge in [0.05, 0.1) is 17.5 Å². The summed E-state index contributed by atoms with van der Waals surface area (Å²) in [4.78, 5) is 34.2. The first-order chi connectivity index (χ1) is 8.63. The number of Topliss-reactive ketones (excluding diaryl/α,β-unsaturated/α-hetero) is 1. The number of rotatable bonds is 6. The number of benzene rings is 1. The third kappa shape index (κ3) is 3.50. The number of alkyl halides is 1. The molecular weight excluding hydrogens is 300 g/mol. The molecule has 0 bridgehead atoms. The van der Waals surface area contributed by atoms with Gasteiger partial charge in [-0.25, -0.2) is 4.79 Å². The second-order valence-corrected chi connectivity index (χ2v) is 4.12. The molecule has 4 nitrogen and oxygen atoms in total. The van der Waals surface area contributed by atoms with Crippen LogP contribution in [0.2, 0.25) is 0 Å². The van der Waals surface area contributed by atoms with Crippen molar-refractivity contribution in [3.63, 3.8) is 0 Å². The van der Waals surface area contributed by atoms with Crippen LogP contribution >= 0.6 is 15.9 Å². The first-order valence-electron chi connectivity index (χ1n) is 5.45. The monoisotopic (exact) mass is 312 g/mol. The van der Waals surface area contributed by atoms with E-state index in [0.717, 1.165) is 0 Å². The lowest BCUT2D eigenvalue weighted by Gasteiger charge is -2.10. The largest absolute Gasteiger partial charge is 0.462 e. The number of carbonyl (C=O) groups excluding carboxylic acids is 3. The molecule has 0 radical (unpaired) electrons. The summed E-state index contributed by atoms with van der Waals surface area (Å²) in [6, 6.07) is 4.73. The SMILES string of the molecule is CCOC(=O)c1cccc(C=O)c1CC(=O)CBr. The normalized spacial score (nSPS) is 9.89. The van der Waals surface area contributed by atoms with Crippen LogP contribution in [-0.4, -0.2) is 30.0 Å². The molecule has 0 heterocycles. The fourth-order valence-corrected chi connectivity index (χ4v) is 1.76. The highest BCUT2D eigenvalue weighted by atomic mass is 79.9. The first-order valence-corrected chi connectivity index (χ1v) is 6.58. The summed E-state index contributed by atoms with van der Waals surface area (Å²) in [6.45, 7) is 1.95. The molecule has 0 unspecified atom stereocenters. The number of halogens is 1. The van der Waals surface area contributed by atoms with Crippen LogP contribution in [-0.2, 0) is 16.0 Å². The molecule has 0 N–H and O–H groups in total. The maximum atomic E-state index is 11.7. The van der Waals surface area contributed by atoms with Crippen molar-refractivity contribution >= 4 is 34.0 Å². The van der Waals surface area contributed by atoms with Crippen LogP contribution in [0.1, 0.15) is 33.2 Å². The minimum Gasteiger partial charge on any atom is -0.462 e. The summed E-state index contributed by atoms with van der Waals surface area (Å²) in [6.07, 6.45) is 0.674. The van der Waals surface area contributed by atoms with Crippen molar-refractivity contribution in [1.29, 1.82) is 0 Å². The van der Waals surface area contributed by atoms with Crippen molar-refractivity contribution in [2.45, 2.75) is 13.3 Å². The Hall–Kier alpha value is -1.49. The minimum atomic E-state index is -0.515. The van der Waals surface area contributed by atoms with Crippen molar-refractivity contribution in [2.24, 2.45) is 0 Å². The number of esters is 1. The predicted molar refractivity (Wildman–Crippen MR) is 70.3 cm³/mol. The molecule has 0 aliphatic heterocycles. The van der Waals surface area contributed by atoms with Crippen LogP contribution < -0.4 is 0 Å². The van der Waals surface area contributed by atoms with Crippen molar-refractivity contribution in [3.8, 4) is 0 Å². The van der Waals surface area contributed by atoms with Crippen LogP contribution in [0.25, 0.3) is 0 Å². The smallest absolute Gasteiger partial charge is 0.338 e. The van der Waals surface area contributed by atoms with E-state index in [9.17, 15) is 14.4 Å². The van der Waals surface area contributed by atoms with Crippen molar-refractivity contribution in [2.75, 3.05) is 11.9 Å². The lowest BCUT2D eigenvalue weighted by atomic mass is 9.97. The minimum absolute atomic E-state index is 0.0360. The quantitative estimate of drug-likeness (QED) is 0.459. The van der Waals surface area contributed by atoms with Gasteiger partial charge in [0.2, 0.25) is 0 Å². The number of ketones is 1.